The highest BCUT2D eigenvalue weighted by molar-refractivity contribution is 5.87. The second kappa shape index (κ2) is 6.37. The summed E-state index contributed by atoms with van der Waals surface area (Å²) in [5.41, 5.74) is 1.15. The van der Waals surface area contributed by atoms with Gasteiger partial charge in [-0.05, 0) is 23.4 Å². The average molecular weight is 283 g/mol. The van der Waals surface area contributed by atoms with Crippen LogP contribution >= 0.6 is 0 Å². The van der Waals surface area contributed by atoms with Crippen molar-refractivity contribution in [3.8, 4) is 5.75 Å². The molecule has 0 aliphatic heterocycles. The Morgan fingerprint density at radius 1 is 1.19 bits per heavy atom. The van der Waals surface area contributed by atoms with Gasteiger partial charge in [-0.25, -0.2) is 0 Å². The van der Waals surface area contributed by atoms with Crippen molar-refractivity contribution >= 4 is 10.8 Å². The third-order valence-corrected chi connectivity index (χ3v) is 3.31. The second-order valence-corrected chi connectivity index (χ2v) is 4.68. The molecule has 0 saturated carbocycles. The first-order valence-corrected chi connectivity index (χ1v) is 6.98. The van der Waals surface area contributed by atoms with E-state index >= 15 is 0 Å². The van der Waals surface area contributed by atoms with Crippen LogP contribution in [0.4, 0.5) is 0 Å². The van der Waals surface area contributed by atoms with Gasteiger partial charge in [-0.2, -0.15) is 4.98 Å². The Hall–Kier alpha value is -2.40. The zero-order valence-corrected chi connectivity index (χ0v) is 11.9. The minimum atomic E-state index is 0.300. The fraction of sp³-hybridized carbons (Fsp3) is 0.250. The number of benzene rings is 2. The lowest BCUT2D eigenvalue weighted by atomic mass is 10.0. The first-order valence-electron chi connectivity index (χ1n) is 6.98. The van der Waals surface area contributed by atoms with Crippen LogP contribution in [-0.2, 0) is 13.2 Å². The number of nitrogens with one attached hydrogen (secondary N) is 1. The minimum absolute atomic E-state index is 0.300. The van der Waals surface area contributed by atoms with Crippen LogP contribution in [0.15, 0.2) is 47.3 Å². The molecule has 1 heterocycles. The third-order valence-electron chi connectivity index (χ3n) is 3.31. The molecule has 5 heteroatoms. The van der Waals surface area contributed by atoms with Crippen molar-refractivity contribution < 1.29 is 9.26 Å². The molecule has 0 spiro atoms. The summed E-state index contributed by atoms with van der Waals surface area (Å²) >= 11 is 0. The number of hydrogen-bond donors (Lipinski definition) is 1. The SMILES string of the molecule is CCNCc1c(OCc2ncon2)ccc2ccccc12. The van der Waals surface area contributed by atoms with Gasteiger partial charge in [0.05, 0.1) is 0 Å². The first kappa shape index (κ1) is 13.6. The van der Waals surface area contributed by atoms with Crippen LogP contribution in [0, 0.1) is 0 Å². The van der Waals surface area contributed by atoms with E-state index < -0.39 is 0 Å². The topological polar surface area (TPSA) is 60.2 Å². The van der Waals surface area contributed by atoms with E-state index in [4.69, 9.17) is 9.26 Å². The van der Waals surface area contributed by atoms with Gasteiger partial charge >= 0.3 is 0 Å². The molecule has 0 saturated heterocycles. The van der Waals surface area contributed by atoms with Gasteiger partial charge in [-0.1, -0.05) is 42.4 Å². The molecule has 3 aromatic rings. The molecule has 0 aliphatic carbocycles. The lowest BCUT2D eigenvalue weighted by molar-refractivity contribution is 0.284. The fourth-order valence-electron chi connectivity index (χ4n) is 2.28. The van der Waals surface area contributed by atoms with Crippen molar-refractivity contribution in [2.45, 2.75) is 20.1 Å². The fourth-order valence-corrected chi connectivity index (χ4v) is 2.28. The summed E-state index contributed by atoms with van der Waals surface area (Å²) in [6.45, 7) is 4.06. The van der Waals surface area contributed by atoms with E-state index in [1.807, 2.05) is 18.2 Å². The maximum Gasteiger partial charge on any atom is 0.213 e. The quantitative estimate of drug-likeness (QED) is 0.753. The van der Waals surface area contributed by atoms with Crippen molar-refractivity contribution in [3.63, 3.8) is 0 Å². The van der Waals surface area contributed by atoms with Crippen LogP contribution in [-0.4, -0.2) is 16.7 Å². The van der Waals surface area contributed by atoms with Gasteiger partial charge < -0.3 is 14.6 Å². The standard InChI is InChI=1S/C16H17N3O2/c1-2-17-9-14-13-6-4-3-5-12(13)7-8-15(14)20-10-16-18-11-21-19-16/h3-8,11,17H,2,9-10H2,1H3. The molecule has 3 rings (SSSR count). The maximum absolute atomic E-state index is 5.86. The van der Waals surface area contributed by atoms with Crippen molar-refractivity contribution in [2.24, 2.45) is 0 Å². The summed E-state index contributed by atoms with van der Waals surface area (Å²) in [6.07, 6.45) is 1.30. The number of fused-ring (bicyclic) bond motifs is 1. The van der Waals surface area contributed by atoms with E-state index in [2.05, 4.69) is 40.6 Å². The lowest BCUT2D eigenvalue weighted by Gasteiger charge is -2.13. The van der Waals surface area contributed by atoms with Gasteiger partial charge in [-0.15, -0.1) is 0 Å². The Balaban J connectivity index is 1.92. The molecule has 5 nitrogen and oxygen atoms in total. The molecule has 0 aliphatic rings. The number of rotatable bonds is 6. The van der Waals surface area contributed by atoms with E-state index in [0.29, 0.717) is 12.4 Å². The summed E-state index contributed by atoms with van der Waals surface area (Å²) in [7, 11) is 0. The second-order valence-electron chi connectivity index (χ2n) is 4.68. The molecule has 0 fully saturated rings. The number of aromatic nitrogens is 2. The summed E-state index contributed by atoms with van der Waals surface area (Å²) in [5.74, 6) is 1.39. The predicted octanol–water partition coefficient (Wildman–Crippen LogP) is 2.91. The minimum Gasteiger partial charge on any atom is -0.485 e. The highest BCUT2D eigenvalue weighted by atomic mass is 16.5. The highest BCUT2D eigenvalue weighted by Gasteiger charge is 2.09. The number of nitrogens with zero attached hydrogens (tertiary/aromatic N) is 2. The maximum atomic E-state index is 5.86. The first-order chi connectivity index (χ1) is 10.4. The van der Waals surface area contributed by atoms with E-state index in [-0.39, 0.29) is 0 Å². The molecule has 0 unspecified atom stereocenters. The molecule has 0 atom stereocenters. The zero-order chi connectivity index (χ0) is 14.5. The highest BCUT2D eigenvalue weighted by Crippen LogP contribution is 2.28. The molecule has 0 amide bonds. The normalized spacial score (nSPS) is 10.9. The molecule has 108 valence electrons. The van der Waals surface area contributed by atoms with Crippen LogP contribution in [0.25, 0.3) is 10.8 Å². The number of hydrogen-bond acceptors (Lipinski definition) is 5. The van der Waals surface area contributed by atoms with Crippen LogP contribution in [0.1, 0.15) is 18.3 Å². The molecule has 21 heavy (non-hydrogen) atoms. The van der Waals surface area contributed by atoms with Gasteiger partial charge in [0.2, 0.25) is 12.2 Å². The van der Waals surface area contributed by atoms with Crippen LogP contribution in [0.3, 0.4) is 0 Å². The largest absolute Gasteiger partial charge is 0.485 e. The third kappa shape index (κ3) is 3.03. The summed E-state index contributed by atoms with van der Waals surface area (Å²) < 4.78 is 10.6. The lowest BCUT2D eigenvalue weighted by Crippen LogP contribution is -2.13. The van der Waals surface area contributed by atoms with Crippen molar-refractivity contribution in [1.29, 1.82) is 0 Å². The monoisotopic (exact) mass is 283 g/mol. The van der Waals surface area contributed by atoms with Crippen LogP contribution in [0.5, 0.6) is 5.75 Å². The van der Waals surface area contributed by atoms with Crippen molar-refractivity contribution in [1.82, 2.24) is 15.5 Å². The smallest absolute Gasteiger partial charge is 0.213 e. The molecular weight excluding hydrogens is 266 g/mol. The van der Waals surface area contributed by atoms with Gasteiger partial charge in [0, 0.05) is 12.1 Å². The predicted molar refractivity (Wildman–Crippen MR) is 80.0 cm³/mol. The molecule has 0 bridgehead atoms. The van der Waals surface area contributed by atoms with Crippen molar-refractivity contribution in [3.05, 3.63) is 54.2 Å². The van der Waals surface area contributed by atoms with Crippen LogP contribution in [0.2, 0.25) is 0 Å². The van der Waals surface area contributed by atoms with E-state index in [1.54, 1.807) is 0 Å². The zero-order valence-electron chi connectivity index (χ0n) is 11.9. The Kier molecular flexibility index (Phi) is 4.12. The van der Waals surface area contributed by atoms with Gasteiger partial charge in [-0.3, -0.25) is 0 Å². The molecule has 0 radical (unpaired) electrons. The Bertz CT molecular complexity index is 711. The van der Waals surface area contributed by atoms with Gasteiger partial charge in [0.1, 0.15) is 5.75 Å². The van der Waals surface area contributed by atoms with E-state index in [0.717, 1.165) is 24.4 Å². The molecule has 2 aromatic carbocycles. The van der Waals surface area contributed by atoms with E-state index in [9.17, 15) is 0 Å². The Morgan fingerprint density at radius 3 is 2.90 bits per heavy atom. The van der Waals surface area contributed by atoms with Gasteiger partial charge in [0.15, 0.2) is 6.61 Å². The van der Waals surface area contributed by atoms with E-state index in [1.165, 1.54) is 17.2 Å². The summed E-state index contributed by atoms with van der Waals surface area (Å²) in [5, 5.41) is 9.52. The van der Waals surface area contributed by atoms with Gasteiger partial charge in [0.25, 0.3) is 0 Å². The van der Waals surface area contributed by atoms with Crippen molar-refractivity contribution in [2.75, 3.05) is 6.54 Å². The number of ether oxygens (including phenoxy) is 1. The molecule has 1 N–H and O–H groups in total. The Morgan fingerprint density at radius 2 is 2.10 bits per heavy atom. The summed E-state index contributed by atoms with van der Waals surface area (Å²) in [4.78, 5) is 3.97. The average Bonchev–Trinajstić information content (AvgIpc) is 3.04. The Labute approximate surface area is 122 Å². The van der Waals surface area contributed by atoms with Crippen LogP contribution < -0.4 is 10.1 Å². The summed E-state index contributed by atoms with van der Waals surface area (Å²) in [6, 6.07) is 12.4. The molecule has 1 aromatic heterocycles. The molecular formula is C16H17N3O2.